The lowest BCUT2D eigenvalue weighted by Crippen LogP contribution is -2.44. The first kappa shape index (κ1) is 16.7. The van der Waals surface area contributed by atoms with Crippen LogP contribution in [0.15, 0.2) is 42.9 Å². The number of hydrogen-bond acceptors (Lipinski definition) is 5. The van der Waals surface area contributed by atoms with E-state index in [2.05, 4.69) is 15.0 Å². The van der Waals surface area contributed by atoms with Gasteiger partial charge < -0.3 is 20.4 Å². The molecule has 0 spiro atoms. The van der Waals surface area contributed by atoms with Gasteiger partial charge in [0, 0.05) is 19.2 Å². The van der Waals surface area contributed by atoms with E-state index in [1.807, 2.05) is 41.1 Å². The van der Waals surface area contributed by atoms with Gasteiger partial charge in [0.15, 0.2) is 0 Å². The third-order valence-electron chi connectivity index (χ3n) is 3.30. The lowest BCUT2D eigenvalue weighted by molar-refractivity contribution is -0.141. The van der Waals surface area contributed by atoms with Crippen molar-refractivity contribution in [3.05, 3.63) is 54.1 Å². The molecule has 7 heteroatoms. The molecule has 0 aliphatic carbocycles. The van der Waals surface area contributed by atoms with Crippen LogP contribution in [0.4, 0.5) is 0 Å². The molecule has 0 saturated carbocycles. The first-order valence-electron chi connectivity index (χ1n) is 7.23. The number of nitrogens with zero attached hydrogens (tertiary/aromatic N) is 2. The van der Waals surface area contributed by atoms with Gasteiger partial charge in [0.1, 0.15) is 6.54 Å². The Bertz CT molecular complexity index is 654. The van der Waals surface area contributed by atoms with Crippen molar-refractivity contribution < 1.29 is 14.3 Å². The highest BCUT2D eigenvalue weighted by Crippen LogP contribution is 2.05. The first-order valence-corrected chi connectivity index (χ1v) is 7.23. The number of methoxy groups -OCH3 is 1. The fraction of sp³-hybridized carbons (Fsp3) is 0.312. The molecule has 0 bridgehead atoms. The van der Waals surface area contributed by atoms with E-state index in [4.69, 9.17) is 5.73 Å². The second-order valence-electron chi connectivity index (χ2n) is 5.13. The maximum atomic E-state index is 11.8. The molecular formula is C16H20N4O3. The van der Waals surface area contributed by atoms with Crippen molar-refractivity contribution in [3.63, 3.8) is 0 Å². The van der Waals surface area contributed by atoms with Crippen molar-refractivity contribution in [2.75, 3.05) is 13.7 Å². The van der Waals surface area contributed by atoms with E-state index in [1.165, 1.54) is 7.11 Å². The van der Waals surface area contributed by atoms with Crippen LogP contribution in [0.5, 0.6) is 0 Å². The second-order valence-corrected chi connectivity index (χ2v) is 5.13. The number of ether oxygens (including phenoxy) is 1. The van der Waals surface area contributed by atoms with Crippen LogP contribution in [-0.4, -0.2) is 41.1 Å². The van der Waals surface area contributed by atoms with Crippen LogP contribution in [0.1, 0.15) is 11.3 Å². The minimum absolute atomic E-state index is 0.189. The third kappa shape index (κ3) is 5.23. The summed E-state index contributed by atoms with van der Waals surface area (Å²) in [6.07, 6.45) is 3.87. The molecule has 0 radical (unpaired) electrons. The zero-order valence-electron chi connectivity index (χ0n) is 12.9. The van der Waals surface area contributed by atoms with Crippen molar-refractivity contribution in [2.45, 2.75) is 19.0 Å². The number of nitrogens with two attached hydrogens (primary N) is 1. The van der Waals surface area contributed by atoms with Crippen LogP contribution >= 0.6 is 0 Å². The predicted molar refractivity (Wildman–Crippen MR) is 84.5 cm³/mol. The molecule has 1 aromatic heterocycles. The third-order valence-corrected chi connectivity index (χ3v) is 3.30. The predicted octanol–water partition coefficient (Wildman–Crippen LogP) is 0.0904. The van der Waals surface area contributed by atoms with E-state index in [9.17, 15) is 9.59 Å². The summed E-state index contributed by atoms with van der Waals surface area (Å²) in [5.41, 5.74) is 7.71. The van der Waals surface area contributed by atoms with E-state index in [-0.39, 0.29) is 6.54 Å². The monoisotopic (exact) mass is 316 g/mol. The highest BCUT2D eigenvalue weighted by molar-refractivity contribution is 5.85. The van der Waals surface area contributed by atoms with E-state index < -0.39 is 17.9 Å². The molecule has 0 saturated heterocycles. The molecular weight excluding hydrogens is 296 g/mol. The van der Waals surface area contributed by atoms with Gasteiger partial charge in [-0.3, -0.25) is 9.59 Å². The summed E-state index contributed by atoms with van der Waals surface area (Å²) >= 11 is 0. The number of amides is 1. The maximum Gasteiger partial charge on any atom is 0.325 e. The number of carbonyl (C=O) groups is 2. The Labute approximate surface area is 134 Å². The number of carbonyl (C=O) groups excluding carboxylic acids is 2. The van der Waals surface area contributed by atoms with E-state index in [0.29, 0.717) is 13.0 Å². The van der Waals surface area contributed by atoms with Crippen LogP contribution in [0.25, 0.3) is 0 Å². The number of benzene rings is 1. The molecule has 1 aromatic carbocycles. The minimum atomic E-state index is -0.764. The average Bonchev–Trinajstić information content (AvgIpc) is 3.00. The topological polar surface area (TPSA) is 99.2 Å². The zero-order valence-corrected chi connectivity index (χ0v) is 12.9. The zero-order chi connectivity index (χ0) is 16.7. The summed E-state index contributed by atoms with van der Waals surface area (Å²) in [4.78, 5) is 27.0. The number of imidazole rings is 1. The second kappa shape index (κ2) is 8.09. The van der Waals surface area contributed by atoms with Crippen molar-refractivity contribution >= 4 is 11.9 Å². The molecule has 1 atom stereocenters. The molecule has 1 heterocycles. The Morgan fingerprint density at radius 1 is 1.35 bits per heavy atom. The van der Waals surface area contributed by atoms with Gasteiger partial charge in [-0.1, -0.05) is 30.3 Å². The molecule has 2 rings (SSSR count). The molecule has 1 amide bonds. The van der Waals surface area contributed by atoms with Crippen LogP contribution < -0.4 is 11.1 Å². The van der Waals surface area contributed by atoms with E-state index >= 15 is 0 Å². The lowest BCUT2D eigenvalue weighted by Gasteiger charge is -2.10. The van der Waals surface area contributed by atoms with Crippen LogP contribution in [0, 0.1) is 0 Å². The fourth-order valence-corrected chi connectivity index (χ4v) is 2.07. The van der Waals surface area contributed by atoms with Gasteiger partial charge in [0.2, 0.25) is 5.91 Å². The Balaban J connectivity index is 1.86. The van der Waals surface area contributed by atoms with Gasteiger partial charge in [0.05, 0.1) is 25.2 Å². The van der Waals surface area contributed by atoms with Crippen LogP contribution in [0.2, 0.25) is 0 Å². The smallest absolute Gasteiger partial charge is 0.325 e. The number of hydrogen-bond donors (Lipinski definition) is 2. The molecule has 0 aliphatic rings. The highest BCUT2D eigenvalue weighted by Gasteiger charge is 2.16. The van der Waals surface area contributed by atoms with Crippen LogP contribution in [-0.2, 0) is 27.3 Å². The summed E-state index contributed by atoms with van der Waals surface area (Å²) in [6, 6.07) is 9.23. The molecule has 3 N–H and O–H groups in total. The molecule has 23 heavy (non-hydrogen) atoms. The molecule has 7 nitrogen and oxygen atoms in total. The van der Waals surface area contributed by atoms with Crippen molar-refractivity contribution in [3.8, 4) is 0 Å². The standard InChI is InChI=1S/C16H20N4O3/c1-23-15(21)8-18-16(22)14(17)7-13-10-20(11-19-13)9-12-5-3-2-4-6-12/h2-6,10-11,14H,7-9,17H2,1H3,(H,18,22)/t14-/m0/s1. The summed E-state index contributed by atoms with van der Waals surface area (Å²) in [5, 5.41) is 2.43. The molecule has 122 valence electrons. The normalized spacial score (nSPS) is 11.7. The summed E-state index contributed by atoms with van der Waals surface area (Å²) in [6.45, 7) is 0.517. The summed E-state index contributed by atoms with van der Waals surface area (Å²) in [7, 11) is 1.26. The van der Waals surface area contributed by atoms with Gasteiger partial charge in [-0.05, 0) is 5.56 Å². The molecule has 0 unspecified atom stereocenters. The Morgan fingerprint density at radius 3 is 2.78 bits per heavy atom. The van der Waals surface area contributed by atoms with Gasteiger partial charge in [-0.15, -0.1) is 0 Å². The minimum Gasteiger partial charge on any atom is -0.468 e. The quantitative estimate of drug-likeness (QED) is 0.705. The van der Waals surface area contributed by atoms with Gasteiger partial charge >= 0.3 is 5.97 Å². The Hall–Kier alpha value is -2.67. The van der Waals surface area contributed by atoms with Gasteiger partial charge in [-0.25, -0.2) is 4.98 Å². The molecule has 2 aromatic rings. The maximum absolute atomic E-state index is 11.8. The molecule has 0 aliphatic heterocycles. The van der Waals surface area contributed by atoms with Crippen LogP contribution in [0.3, 0.4) is 0 Å². The Kier molecular flexibility index (Phi) is 5.87. The SMILES string of the molecule is COC(=O)CNC(=O)[C@@H](N)Cc1cn(Cc2ccccc2)cn1. The largest absolute Gasteiger partial charge is 0.468 e. The highest BCUT2D eigenvalue weighted by atomic mass is 16.5. The molecule has 0 fully saturated rings. The number of aromatic nitrogens is 2. The number of nitrogens with one attached hydrogen (secondary N) is 1. The average molecular weight is 316 g/mol. The van der Waals surface area contributed by atoms with Gasteiger partial charge in [-0.2, -0.15) is 0 Å². The Morgan fingerprint density at radius 2 is 2.09 bits per heavy atom. The van der Waals surface area contributed by atoms with Crippen molar-refractivity contribution in [2.24, 2.45) is 5.73 Å². The number of rotatable bonds is 7. The lowest BCUT2D eigenvalue weighted by atomic mass is 10.1. The summed E-state index contributed by atoms with van der Waals surface area (Å²) in [5.74, 6) is -0.925. The van der Waals surface area contributed by atoms with Crippen molar-refractivity contribution in [1.82, 2.24) is 14.9 Å². The van der Waals surface area contributed by atoms with Crippen molar-refractivity contribution in [1.29, 1.82) is 0 Å². The van der Waals surface area contributed by atoms with E-state index in [0.717, 1.165) is 11.3 Å². The fourth-order valence-electron chi connectivity index (χ4n) is 2.07. The first-order chi connectivity index (χ1) is 11.1. The number of esters is 1. The van der Waals surface area contributed by atoms with Gasteiger partial charge in [0.25, 0.3) is 0 Å². The van der Waals surface area contributed by atoms with E-state index in [1.54, 1.807) is 6.33 Å². The summed E-state index contributed by atoms with van der Waals surface area (Å²) < 4.78 is 6.38.